The van der Waals surface area contributed by atoms with Crippen molar-refractivity contribution in [2.45, 2.75) is 26.3 Å². The predicted molar refractivity (Wildman–Crippen MR) is 60.0 cm³/mol. The van der Waals surface area contributed by atoms with Crippen LogP contribution in [-0.2, 0) is 4.79 Å². The molecule has 84 valence electrons. The number of aromatic nitrogens is 1. The maximum absolute atomic E-state index is 10.8. The van der Waals surface area contributed by atoms with Gasteiger partial charge in [-0.1, -0.05) is 13.8 Å². The summed E-state index contributed by atoms with van der Waals surface area (Å²) in [5, 5.41) is 11.6. The molecule has 15 heavy (non-hydrogen) atoms. The van der Waals surface area contributed by atoms with Crippen LogP contribution in [-0.4, -0.2) is 34.0 Å². The summed E-state index contributed by atoms with van der Waals surface area (Å²) in [6.45, 7) is 5.75. The third-order valence-corrected chi connectivity index (χ3v) is 3.23. The van der Waals surface area contributed by atoms with Crippen molar-refractivity contribution >= 4 is 17.3 Å². The van der Waals surface area contributed by atoms with Crippen molar-refractivity contribution in [2.75, 3.05) is 13.1 Å². The van der Waals surface area contributed by atoms with Crippen LogP contribution in [0.2, 0.25) is 0 Å². The van der Waals surface area contributed by atoms with E-state index < -0.39 is 5.97 Å². The van der Waals surface area contributed by atoms with Crippen molar-refractivity contribution in [1.29, 1.82) is 0 Å². The molecular weight excluding hydrogens is 212 g/mol. The highest BCUT2D eigenvalue weighted by atomic mass is 32.1. The molecule has 0 aliphatic heterocycles. The maximum atomic E-state index is 10.8. The molecule has 4 nitrogen and oxygen atoms in total. The van der Waals surface area contributed by atoms with Crippen LogP contribution in [0.4, 0.5) is 0 Å². The number of hydrogen-bond acceptors (Lipinski definition) is 4. The van der Waals surface area contributed by atoms with E-state index in [-0.39, 0.29) is 12.5 Å². The molecule has 0 bridgehead atoms. The van der Waals surface area contributed by atoms with Crippen LogP contribution in [0.3, 0.4) is 0 Å². The van der Waals surface area contributed by atoms with E-state index in [0.717, 1.165) is 18.1 Å². The van der Waals surface area contributed by atoms with Crippen LogP contribution in [0.1, 0.15) is 31.3 Å². The molecule has 1 N–H and O–H groups in total. The van der Waals surface area contributed by atoms with Crippen LogP contribution in [0.5, 0.6) is 0 Å². The van der Waals surface area contributed by atoms with Crippen LogP contribution < -0.4 is 0 Å². The largest absolute Gasteiger partial charge is 0.481 e. The summed E-state index contributed by atoms with van der Waals surface area (Å²) < 4.78 is 0. The van der Waals surface area contributed by atoms with Gasteiger partial charge in [-0.25, -0.2) is 4.98 Å². The van der Waals surface area contributed by atoms with E-state index in [0.29, 0.717) is 0 Å². The molecule has 0 aliphatic rings. The normalized spacial score (nSPS) is 13.0. The summed E-state index contributed by atoms with van der Waals surface area (Å²) in [5.74, 6) is -0.776. The van der Waals surface area contributed by atoms with Gasteiger partial charge in [-0.2, -0.15) is 0 Å². The highest BCUT2D eigenvalue weighted by Crippen LogP contribution is 2.25. The Hall–Kier alpha value is -0.940. The van der Waals surface area contributed by atoms with E-state index in [9.17, 15) is 4.79 Å². The molecule has 0 fully saturated rings. The third-order valence-electron chi connectivity index (χ3n) is 2.36. The molecule has 0 aliphatic carbocycles. The van der Waals surface area contributed by atoms with Gasteiger partial charge in [0.15, 0.2) is 0 Å². The Kier molecular flexibility index (Phi) is 4.71. The molecule has 1 rings (SSSR count). The van der Waals surface area contributed by atoms with Gasteiger partial charge in [-0.3, -0.25) is 9.69 Å². The molecule has 0 saturated carbocycles. The van der Waals surface area contributed by atoms with Crippen molar-refractivity contribution in [3.8, 4) is 0 Å². The lowest BCUT2D eigenvalue weighted by Crippen LogP contribution is -2.30. The summed E-state index contributed by atoms with van der Waals surface area (Å²) in [7, 11) is 0. The smallest absolute Gasteiger partial charge is 0.305 e. The SMILES string of the molecule is CCN(CC)C(CC(=O)O)c1nccs1. The number of aliphatic carboxylic acids is 1. The third kappa shape index (κ3) is 3.28. The van der Waals surface area contributed by atoms with Crippen molar-refractivity contribution < 1.29 is 9.90 Å². The Bertz CT molecular complexity index is 296. The molecule has 1 heterocycles. The highest BCUT2D eigenvalue weighted by Gasteiger charge is 2.22. The second kappa shape index (κ2) is 5.82. The summed E-state index contributed by atoms with van der Waals surface area (Å²) in [6, 6.07) is -0.0856. The first-order chi connectivity index (χ1) is 7.19. The first-order valence-electron chi connectivity index (χ1n) is 5.04. The second-order valence-corrected chi connectivity index (χ2v) is 4.13. The lowest BCUT2D eigenvalue weighted by atomic mass is 10.2. The fraction of sp³-hybridized carbons (Fsp3) is 0.600. The van der Waals surface area contributed by atoms with Crippen LogP contribution in [0.25, 0.3) is 0 Å². The zero-order chi connectivity index (χ0) is 11.3. The predicted octanol–water partition coefficient (Wildman–Crippen LogP) is 2.00. The molecule has 1 unspecified atom stereocenters. The number of thiazole rings is 1. The number of hydrogen-bond donors (Lipinski definition) is 1. The second-order valence-electron chi connectivity index (χ2n) is 3.21. The van der Waals surface area contributed by atoms with Gasteiger partial charge in [0.2, 0.25) is 0 Å². The molecule has 0 aromatic carbocycles. The van der Waals surface area contributed by atoms with Gasteiger partial charge in [0, 0.05) is 11.6 Å². The van der Waals surface area contributed by atoms with E-state index in [1.165, 1.54) is 11.3 Å². The van der Waals surface area contributed by atoms with E-state index in [1.807, 2.05) is 19.2 Å². The van der Waals surface area contributed by atoms with E-state index >= 15 is 0 Å². The molecular formula is C10H16N2O2S. The molecule has 1 aromatic rings. The number of rotatable bonds is 6. The molecule has 5 heteroatoms. The quantitative estimate of drug-likeness (QED) is 0.809. The fourth-order valence-corrected chi connectivity index (χ4v) is 2.37. The summed E-state index contributed by atoms with van der Waals surface area (Å²) in [4.78, 5) is 17.1. The monoisotopic (exact) mass is 228 g/mol. The number of nitrogens with zero attached hydrogens (tertiary/aromatic N) is 2. The van der Waals surface area contributed by atoms with Gasteiger partial charge in [-0.05, 0) is 13.1 Å². The van der Waals surface area contributed by atoms with Gasteiger partial charge < -0.3 is 5.11 Å². The first kappa shape index (κ1) is 12.1. The minimum Gasteiger partial charge on any atom is -0.481 e. The molecule has 0 spiro atoms. The first-order valence-corrected chi connectivity index (χ1v) is 5.92. The van der Waals surface area contributed by atoms with Crippen molar-refractivity contribution in [2.24, 2.45) is 0 Å². The topological polar surface area (TPSA) is 53.4 Å². The summed E-state index contributed by atoms with van der Waals surface area (Å²) in [6.07, 6.45) is 1.84. The number of carbonyl (C=O) groups is 1. The maximum Gasteiger partial charge on any atom is 0.305 e. The molecule has 0 amide bonds. The molecule has 1 atom stereocenters. The van der Waals surface area contributed by atoms with Crippen LogP contribution in [0, 0.1) is 0 Å². The Balaban J connectivity index is 2.82. The molecule has 0 saturated heterocycles. The average molecular weight is 228 g/mol. The summed E-state index contributed by atoms with van der Waals surface area (Å²) in [5.41, 5.74) is 0. The van der Waals surface area contributed by atoms with E-state index in [1.54, 1.807) is 6.20 Å². The average Bonchev–Trinajstić information content (AvgIpc) is 2.70. The number of carboxylic acid groups (broad SMARTS) is 1. The zero-order valence-electron chi connectivity index (χ0n) is 9.01. The van der Waals surface area contributed by atoms with E-state index in [4.69, 9.17) is 5.11 Å². The minimum atomic E-state index is -0.776. The Labute approximate surface area is 93.6 Å². The van der Waals surface area contributed by atoms with Crippen molar-refractivity contribution in [3.05, 3.63) is 16.6 Å². The fourth-order valence-electron chi connectivity index (χ4n) is 1.60. The zero-order valence-corrected chi connectivity index (χ0v) is 9.83. The van der Waals surface area contributed by atoms with Gasteiger partial charge in [0.25, 0.3) is 0 Å². The van der Waals surface area contributed by atoms with Gasteiger partial charge >= 0.3 is 5.97 Å². The lowest BCUT2D eigenvalue weighted by Gasteiger charge is -2.26. The van der Waals surface area contributed by atoms with Crippen molar-refractivity contribution in [3.63, 3.8) is 0 Å². The van der Waals surface area contributed by atoms with E-state index in [2.05, 4.69) is 9.88 Å². The Morgan fingerprint density at radius 2 is 2.27 bits per heavy atom. The van der Waals surface area contributed by atoms with Gasteiger partial charge in [0.1, 0.15) is 5.01 Å². The Morgan fingerprint density at radius 3 is 2.67 bits per heavy atom. The van der Waals surface area contributed by atoms with Gasteiger partial charge in [-0.15, -0.1) is 11.3 Å². The minimum absolute atomic E-state index is 0.0856. The van der Waals surface area contributed by atoms with Crippen LogP contribution >= 0.6 is 11.3 Å². The summed E-state index contributed by atoms with van der Waals surface area (Å²) >= 11 is 1.52. The standard InChI is InChI=1S/C10H16N2O2S/c1-3-12(4-2)8(7-9(13)14)10-11-5-6-15-10/h5-6,8H,3-4,7H2,1-2H3,(H,13,14). The lowest BCUT2D eigenvalue weighted by molar-refractivity contribution is -0.138. The van der Waals surface area contributed by atoms with Crippen LogP contribution in [0.15, 0.2) is 11.6 Å². The van der Waals surface area contributed by atoms with Gasteiger partial charge in [0.05, 0.1) is 12.5 Å². The molecule has 0 radical (unpaired) electrons. The molecule has 1 aromatic heterocycles. The highest BCUT2D eigenvalue weighted by molar-refractivity contribution is 7.09. The van der Waals surface area contributed by atoms with Crippen molar-refractivity contribution in [1.82, 2.24) is 9.88 Å². The Morgan fingerprint density at radius 1 is 1.60 bits per heavy atom. The number of carboxylic acids is 1.